The molecule has 0 bridgehead atoms. The number of rotatable bonds is 7. The van der Waals surface area contributed by atoms with Crippen LogP contribution in [-0.2, 0) is 4.79 Å². The number of carbonyl (C=O) groups excluding carboxylic acids is 2. The van der Waals surface area contributed by atoms with Crippen LogP contribution in [-0.4, -0.2) is 31.5 Å². The Morgan fingerprint density at radius 2 is 1.80 bits per heavy atom. The van der Waals surface area contributed by atoms with Crippen molar-refractivity contribution in [3.8, 4) is 5.75 Å². The van der Waals surface area contributed by atoms with E-state index in [2.05, 4.69) is 16.0 Å². The van der Waals surface area contributed by atoms with Crippen molar-refractivity contribution in [2.45, 2.75) is 18.9 Å². The average Bonchev–Trinajstić information content (AvgIpc) is 3.45. The van der Waals surface area contributed by atoms with Crippen LogP contribution in [0, 0.1) is 0 Å². The monoisotopic (exact) mass is 339 g/mol. The van der Waals surface area contributed by atoms with Gasteiger partial charge < -0.3 is 20.7 Å². The predicted molar refractivity (Wildman–Crippen MR) is 97.0 cm³/mol. The van der Waals surface area contributed by atoms with Gasteiger partial charge in [0, 0.05) is 17.4 Å². The van der Waals surface area contributed by atoms with Crippen molar-refractivity contribution in [1.29, 1.82) is 0 Å². The van der Waals surface area contributed by atoms with Crippen molar-refractivity contribution >= 4 is 23.2 Å². The minimum Gasteiger partial charge on any atom is -0.497 e. The number of hydrogen-bond acceptors (Lipinski definition) is 4. The number of anilines is 2. The van der Waals surface area contributed by atoms with Crippen LogP contribution in [0.3, 0.4) is 0 Å². The van der Waals surface area contributed by atoms with Crippen LogP contribution in [0.4, 0.5) is 11.4 Å². The topological polar surface area (TPSA) is 79.5 Å². The van der Waals surface area contributed by atoms with Crippen LogP contribution in [0.1, 0.15) is 23.2 Å². The van der Waals surface area contributed by atoms with Gasteiger partial charge in [0.25, 0.3) is 5.91 Å². The van der Waals surface area contributed by atoms with E-state index in [0.717, 1.165) is 18.6 Å². The smallest absolute Gasteiger partial charge is 0.253 e. The highest BCUT2D eigenvalue weighted by atomic mass is 16.5. The maximum absolute atomic E-state index is 12.2. The molecule has 0 aromatic heterocycles. The molecule has 0 saturated heterocycles. The first-order valence-electron chi connectivity index (χ1n) is 8.23. The Balaban J connectivity index is 1.57. The Kier molecular flexibility index (Phi) is 5.18. The fourth-order valence-corrected chi connectivity index (χ4v) is 2.38. The van der Waals surface area contributed by atoms with Gasteiger partial charge in [0.05, 0.1) is 19.2 Å². The minimum absolute atomic E-state index is 0.0692. The van der Waals surface area contributed by atoms with E-state index in [0.29, 0.717) is 23.0 Å². The second kappa shape index (κ2) is 7.70. The highest BCUT2D eigenvalue weighted by Gasteiger charge is 2.24. The first-order valence-corrected chi connectivity index (χ1v) is 8.23. The van der Waals surface area contributed by atoms with Gasteiger partial charge in [-0.2, -0.15) is 0 Å². The first kappa shape index (κ1) is 16.8. The molecule has 0 heterocycles. The molecule has 6 heteroatoms. The molecule has 2 aromatic rings. The number of para-hydroxylation sites is 1. The Bertz CT molecular complexity index is 755. The summed E-state index contributed by atoms with van der Waals surface area (Å²) in [7, 11) is 1.59. The highest BCUT2D eigenvalue weighted by Crippen LogP contribution is 2.21. The summed E-state index contributed by atoms with van der Waals surface area (Å²) < 4.78 is 5.08. The molecule has 3 N–H and O–H groups in total. The van der Waals surface area contributed by atoms with Crippen LogP contribution in [0.5, 0.6) is 5.75 Å². The molecule has 0 spiro atoms. The van der Waals surface area contributed by atoms with E-state index in [1.54, 1.807) is 43.5 Å². The molecular formula is C19H21N3O3. The van der Waals surface area contributed by atoms with Crippen LogP contribution in [0.2, 0.25) is 0 Å². The molecule has 2 aromatic carbocycles. The molecule has 3 rings (SSSR count). The zero-order chi connectivity index (χ0) is 17.6. The largest absolute Gasteiger partial charge is 0.497 e. The van der Waals surface area contributed by atoms with Gasteiger partial charge in [-0.3, -0.25) is 9.59 Å². The van der Waals surface area contributed by atoms with E-state index in [-0.39, 0.29) is 18.4 Å². The quantitative estimate of drug-likeness (QED) is 0.724. The Morgan fingerprint density at radius 1 is 1.08 bits per heavy atom. The molecule has 0 unspecified atom stereocenters. The molecule has 0 atom stereocenters. The number of amides is 2. The van der Waals surface area contributed by atoms with Gasteiger partial charge in [-0.05, 0) is 49.2 Å². The summed E-state index contributed by atoms with van der Waals surface area (Å²) in [6.07, 6.45) is 2.07. The number of benzene rings is 2. The van der Waals surface area contributed by atoms with E-state index in [4.69, 9.17) is 4.74 Å². The molecule has 1 aliphatic carbocycles. The lowest BCUT2D eigenvalue weighted by Gasteiger charge is -2.12. The van der Waals surface area contributed by atoms with E-state index in [1.165, 1.54) is 0 Å². The number of nitrogens with one attached hydrogen (secondary N) is 3. The van der Waals surface area contributed by atoms with Gasteiger partial charge in [-0.1, -0.05) is 12.1 Å². The van der Waals surface area contributed by atoms with Crippen molar-refractivity contribution in [2.24, 2.45) is 0 Å². The van der Waals surface area contributed by atoms with Crippen molar-refractivity contribution in [2.75, 3.05) is 24.3 Å². The summed E-state index contributed by atoms with van der Waals surface area (Å²) in [5.41, 5.74) is 1.88. The van der Waals surface area contributed by atoms with Crippen LogP contribution in [0.15, 0.2) is 48.5 Å². The van der Waals surface area contributed by atoms with Gasteiger partial charge in [0.2, 0.25) is 5.91 Å². The molecule has 25 heavy (non-hydrogen) atoms. The fraction of sp³-hybridized carbons (Fsp3) is 0.263. The number of hydrogen-bond donors (Lipinski definition) is 3. The van der Waals surface area contributed by atoms with Crippen molar-refractivity contribution < 1.29 is 14.3 Å². The summed E-state index contributed by atoms with van der Waals surface area (Å²) in [5, 5.41) is 8.79. The minimum atomic E-state index is -0.192. The molecule has 0 radical (unpaired) electrons. The van der Waals surface area contributed by atoms with Crippen LogP contribution < -0.4 is 20.7 Å². The zero-order valence-corrected chi connectivity index (χ0v) is 14.0. The molecule has 1 saturated carbocycles. The maximum atomic E-state index is 12.2. The van der Waals surface area contributed by atoms with E-state index in [9.17, 15) is 9.59 Å². The van der Waals surface area contributed by atoms with Gasteiger partial charge in [0.15, 0.2) is 0 Å². The Morgan fingerprint density at radius 3 is 2.48 bits per heavy atom. The lowest BCUT2D eigenvalue weighted by molar-refractivity contribution is -0.114. The third kappa shape index (κ3) is 4.73. The zero-order valence-electron chi connectivity index (χ0n) is 14.0. The van der Waals surface area contributed by atoms with Gasteiger partial charge in [0.1, 0.15) is 5.75 Å². The van der Waals surface area contributed by atoms with Gasteiger partial charge in [-0.15, -0.1) is 0 Å². The van der Waals surface area contributed by atoms with Crippen molar-refractivity contribution in [3.05, 3.63) is 54.1 Å². The lowest BCUT2D eigenvalue weighted by atomic mass is 10.1. The number of methoxy groups -OCH3 is 1. The van der Waals surface area contributed by atoms with Crippen molar-refractivity contribution in [3.63, 3.8) is 0 Å². The summed E-state index contributed by atoms with van der Waals surface area (Å²) in [6.45, 7) is 0.0692. The fourth-order valence-electron chi connectivity index (χ4n) is 2.38. The summed E-state index contributed by atoms with van der Waals surface area (Å²) in [6, 6.07) is 14.6. The van der Waals surface area contributed by atoms with Gasteiger partial charge in [-0.25, -0.2) is 0 Å². The summed E-state index contributed by atoms with van der Waals surface area (Å²) in [4.78, 5) is 24.4. The molecule has 1 fully saturated rings. The van der Waals surface area contributed by atoms with E-state index < -0.39 is 0 Å². The Hall–Kier alpha value is -3.02. The summed E-state index contributed by atoms with van der Waals surface area (Å²) in [5.74, 6) is 0.426. The number of carbonyl (C=O) groups is 2. The number of ether oxygens (including phenoxy) is 1. The van der Waals surface area contributed by atoms with Gasteiger partial charge >= 0.3 is 0 Å². The average molecular weight is 339 g/mol. The summed E-state index contributed by atoms with van der Waals surface area (Å²) >= 11 is 0. The van der Waals surface area contributed by atoms with Crippen LogP contribution in [0.25, 0.3) is 0 Å². The third-order valence-electron chi connectivity index (χ3n) is 3.90. The SMILES string of the molecule is COc1ccc(NC(=O)CNc2ccccc2C(=O)NC2CC2)cc1. The molecular weight excluding hydrogens is 318 g/mol. The van der Waals surface area contributed by atoms with Crippen LogP contribution >= 0.6 is 0 Å². The molecule has 130 valence electrons. The second-order valence-corrected chi connectivity index (χ2v) is 5.92. The molecule has 2 amide bonds. The third-order valence-corrected chi connectivity index (χ3v) is 3.90. The maximum Gasteiger partial charge on any atom is 0.253 e. The Labute approximate surface area is 146 Å². The first-order chi connectivity index (χ1) is 12.2. The highest BCUT2D eigenvalue weighted by molar-refractivity contribution is 6.01. The lowest BCUT2D eigenvalue weighted by Crippen LogP contribution is -2.27. The molecule has 0 aliphatic heterocycles. The predicted octanol–water partition coefficient (Wildman–Crippen LogP) is 2.64. The van der Waals surface area contributed by atoms with Crippen molar-refractivity contribution in [1.82, 2.24) is 5.32 Å². The second-order valence-electron chi connectivity index (χ2n) is 5.92. The standard InChI is InChI=1S/C19H21N3O3/c1-25-15-10-8-13(9-11-15)21-18(23)12-20-17-5-3-2-4-16(17)19(24)22-14-6-7-14/h2-5,8-11,14,20H,6-7,12H2,1H3,(H,21,23)(H,22,24). The molecule has 1 aliphatic rings. The normalized spacial score (nSPS) is 13.0. The van der Waals surface area contributed by atoms with E-state index >= 15 is 0 Å². The molecule has 6 nitrogen and oxygen atoms in total. The van der Waals surface area contributed by atoms with E-state index in [1.807, 2.05) is 12.1 Å².